The maximum atomic E-state index is 12.7. The molecular formula is C18H23N3O4S. The van der Waals surface area contributed by atoms with Crippen molar-refractivity contribution in [3.8, 4) is 0 Å². The molecule has 1 aliphatic rings. The van der Waals surface area contributed by atoms with Gasteiger partial charge in [-0.15, -0.1) is 11.3 Å². The zero-order valence-electron chi connectivity index (χ0n) is 15.2. The summed E-state index contributed by atoms with van der Waals surface area (Å²) in [5, 5.41) is 4.85. The van der Waals surface area contributed by atoms with E-state index in [9.17, 15) is 9.59 Å². The summed E-state index contributed by atoms with van der Waals surface area (Å²) in [6.07, 6.45) is 0.504. The fourth-order valence-electron chi connectivity index (χ4n) is 2.94. The highest BCUT2D eigenvalue weighted by Gasteiger charge is 2.29. The predicted octanol–water partition coefficient (Wildman–Crippen LogP) is 1.56. The molecule has 7 nitrogen and oxygen atoms in total. The highest BCUT2D eigenvalue weighted by Crippen LogP contribution is 2.15. The smallest absolute Gasteiger partial charge is 0.263 e. The van der Waals surface area contributed by atoms with Crippen LogP contribution >= 0.6 is 11.3 Å². The summed E-state index contributed by atoms with van der Waals surface area (Å²) in [5.41, 5.74) is 4.21. The maximum Gasteiger partial charge on any atom is 0.263 e. The number of hydrogen-bond donors (Lipinski definition) is 1. The van der Waals surface area contributed by atoms with Crippen LogP contribution in [0.2, 0.25) is 0 Å². The number of carbonyl (C=O) groups is 1. The Hall–Kier alpha value is -2.03. The zero-order valence-corrected chi connectivity index (χ0v) is 16.0. The van der Waals surface area contributed by atoms with Crippen LogP contribution in [0.5, 0.6) is 0 Å². The Balaban J connectivity index is 1.71. The lowest BCUT2D eigenvalue weighted by Crippen LogP contribution is -2.51. The van der Waals surface area contributed by atoms with E-state index in [4.69, 9.17) is 9.47 Å². The van der Waals surface area contributed by atoms with Gasteiger partial charge in [0.05, 0.1) is 36.6 Å². The molecule has 1 fully saturated rings. The van der Waals surface area contributed by atoms with Gasteiger partial charge in [0.25, 0.3) is 11.5 Å². The molecule has 1 amide bonds. The number of pyridine rings is 1. The minimum atomic E-state index is -0.397. The Morgan fingerprint density at radius 2 is 2.31 bits per heavy atom. The summed E-state index contributed by atoms with van der Waals surface area (Å²) in [6, 6.07) is 1.34. The van der Waals surface area contributed by atoms with E-state index in [2.05, 4.69) is 10.3 Å². The van der Waals surface area contributed by atoms with E-state index < -0.39 is 5.91 Å². The molecule has 0 aliphatic carbocycles. The number of aryl methyl sites for hydroxylation is 1. The second-order valence-electron chi connectivity index (χ2n) is 6.46. The van der Waals surface area contributed by atoms with Gasteiger partial charge in [-0.3, -0.25) is 9.59 Å². The number of ether oxygens (including phenoxy) is 2. The van der Waals surface area contributed by atoms with Gasteiger partial charge in [0.1, 0.15) is 5.56 Å². The summed E-state index contributed by atoms with van der Waals surface area (Å²) in [4.78, 5) is 29.3. The fourth-order valence-corrected chi connectivity index (χ4v) is 3.49. The Bertz CT molecular complexity index is 832. The Kier molecular flexibility index (Phi) is 5.85. The van der Waals surface area contributed by atoms with Crippen molar-refractivity contribution in [2.75, 3.05) is 13.2 Å². The average Bonchev–Trinajstić information content (AvgIpc) is 3.15. The summed E-state index contributed by atoms with van der Waals surface area (Å²) in [6.45, 7) is 5.08. The fraction of sp³-hybridized carbons (Fsp3) is 0.500. The maximum absolute atomic E-state index is 12.7. The van der Waals surface area contributed by atoms with Crippen LogP contribution in [0, 0.1) is 13.8 Å². The van der Waals surface area contributed by atoms with Gasteiger partial charge in [-0.1, -0.05) is 0 Å². The van der Waals surface area contributed by atoms with Gasteiger partial charge in [-0.25, -0.2) is 4.98 Å². The Morgan fingerprint density at radius 3 is 3.04 bits per heavy atom. The highest BCUT2D eigenvalue weighted by atomic mass is 32.1. The van der Waals surface area contributed by atoms with Gasteiger partial charge in [-0.2, -0.15) is 0 Å². The number of nitrogens with one attached hydrogen (secondary N) is 1. The molecule has 3 heterocycles. The molecule has 0 radical (unpaired) electrons. The van der Waals surface area contributed by atoms with Crippen molar-refractivity contribution >= 4 is 17.2 Å². The molecule has 0 aromatic carbocycles. The summed E-state index contributed by atoms with van der Waals surface area (Å²) >= 11 is 1.52. The summed E-state index contributed by atoms with van der Waals surface area (Å²) in [7, 11) is 1.67. The molecule has 2 aromatic rings. The number of nitrogens with zero attached hydrogens (tertiary/aromatic N) is 2. The van der Waals surface area contributed by atoms with Crippen LogP contribution in [-0.2, 0) is 23.1 Å². The summed E-state index contributed by atoms with van der Waals surface area (Å²) < 4.78 is 12.9. The first-order chi connectivity index (χ1) is 12.5. The Labute approximate surface area is 156 Å². The molecule has 2 atom stereocenters. The first-order valence-corrected chi connectivity index (χ1v) is 9.46. The number of hydrogen-bond acceptors (Lipinski definition) is 6. The SMILES string of the molecule is Cc1cc(C(=O)N[C@@H]2COCC[C@@H]2OCc2cscn2)c(=O)n(C)c1C. The molecule has 3 rings (SSSR count). The van der Waals surface area contributed by atoms with Crippen molar-refractivity contribution in [1.82, 2.24) is 14.9 Å². The van der Waals surface area contributed by atoms with Crippen molar-refractivity contribution in [3.05, 3.63) is 49.8 Å². The van der Waals surface area contributed by atoms with Gasteiger partial charge < -0.3 is 19.4 Å². The van der Waals surface area contributed by atoms with E-state index in [0.717, 1.165) is 17.0 Å². The first kappa shape index (κ1) is 18.8. The van der Waals surface area contributed by atoms with Gasteiger partial charge in [0, 0.05) is 24.7 Å². The minimum absolute atomic E-state index is 0.138. The third kappa shape index (κ3) is 4.03. The molecule has 2 aromatic heterocycles. The normalized spacial score (nSPS) is 20.1. The standard InChI is InChI=1S/C18H23N3O4S/c1-11-6-14(18(23)21(3)12(11)2)17(22)20-15-8-24-5-4-16(15)25-7-13-9-26-10-19-13/h6,9-10,15-16H,4-5,7-8H2,1-3H3,(H,20,22)/t15-,16+/m1/s1. The average molecular weight is 377 g/mol. The number of carbonyl (C=O) groups excluding carboxylic acids is 1. The van der Waals surface area contributed by atoms with Crippen molar-refractivity contribution in [2.45, 2.75) is 39.0 Å². The molecule has 0 spiro atoms. The van der Waals surface area contributed by atoms with E-state index >= 15 is 0 Å². The molecule has 0 unspecified atom stereocenters. The largest absolute Gasteiger partial charge is 0.379 e. The first-order valence-electron chi connectivity index (χ1n) is 8.52. The molecule has 1 aliphatic heterocycles. The van der Waals surface area contributed by atoms with Crippen molar-refractivity contribution in [2.24, 2.45) is 7.05 Å². The van der Waals surface area contributed by atoms with Crippen LogP contribution in [0.1, 0.15) is 33.7 Å². The third-order valence-corrected chi connectivity index (χ3v) is 5.39. The molecule has 0 saturated carbocycles. The van der Waals surface area contributed by atoms with Gasteiger partial charge in [-0.05, 0) is 31.9 Å². The van der Waals surface area contributed by atoms with Crippen LogP contribution in [0.15, 0.2) is 21.8 Å². The quantitative estimate of drug-likeness (QED) is 0.855. The van der Waals surface area contributed by atoms with E-state index in [1.54, 1.807) is 18.6 Å². The van der Waals surface area contributed by atoms with E-state index in [-0.39, 0.29) is 23.3 Å². The topological polar surface area (TPSA) is 82.5 Å². The van der Waals surface area contributed by atoms with Gasteiger partial charge in [0.2, 0.25) is 0 Å². The Morgan fingerprint density at radius 1 is 1.50 bits per heavy atom. The second-order valence-corrected chi connectivity index (χ2v) is 7.18. The second kappa shape index (κ2) is 8.11. The number of amides is 1. The third-order valence-electron chi connectivity index (χ3n) is 4.75. The van der Waals surface area contributed by atoms with Crippen molar-refractivity contribution < 1.29 is 14.3 Å². The molecular weight excluding hydrogens is 354 g/mol. The number of thiazole rings is 1. The van der Waals surface area contributed by atoms with Crippen LogP contribution < -0.4 is 10.9 Å². The lowest BCUT2D eigenvalue weighted by atomic mass is 10.1. The van der Waals surface area contributed by atoms with Crippen molar-refractivity contribution in [1.29, 1.82) is 0 Å². The van der Waals surface area contributed by atoms with Gasteiger partial charge >= 0.3 is 0 Å². The summed E-state index contributed by atoms with van der Waals surface area (Å²) in [5.74, 6) is -0.397. The lowest BCUT2D eigenvalue weighted by Gasteiger charge is -2.32. The molecule has 1 saturated heterocycles. The van der Waals surface area contributed by atoms with Crippen molar-refractivity contribution in [3.63, 3.8) is 0 Å². The molecule has 1 N–H and O–H groups in total. The molecule has 26 heavy (non-hydrogen) atoms. The van der Waals surface area contributed by atoms with E-state index in [1.165, 1.54) is 15.9 Å². The highest BCUT2D eigenvalue weighted by molar-refractivity contribution is 7.07. The van der Waals surface area contributed by atoms with Crippen LogP contribution in [0.4, 0.5) is 0 Å². The van der Waals surface area contributed by atoms with E-state index in [0.29, 0.717) is 26.2 Å². The zero-order chi connectivity index (χ0) is 18.7. The number of aromatic nitrogens is 2. The van der Waals surface area contributed by atoms with Gasteiger partial charge in [0.15, 0.2) is 0 Å². The molecule has 8 heteroatoms. The monoisotopic (exact) mass is 377 g/mol. The van der Waals surface area contributed by atoms with E-state index in [1.807, 2.05) is 19.2 Å². The molecule has 140 valence electrons. The van der Waals surface area contributed by atoms with Crippen LogP contribution in [-0.4, -0.2) is 40.8 Å². The molecule has 0 bridgehead atoms. The minimum Gasteiger partial charge on any atom is -0.379 e. The van der Waals surface area contributed by atoms with Crippen LogP contribution in [0.3, 0.4) is 0 Å². The predicted molar refractivity (Wildman–Crippen MR) is 98.5 cm³/mol. The lowest BCUT2D eigenvalue weighted by molar-refractivity contribution is -0.0611. The van der Waals surface area contributed by atoms with Crippen LogP contribution in [0.25, 0.3) is 0 Å². The number of rotatable bonds is 5.